The molecule has 3 rings (SSSR count). The molecule has 4 N–H and O–H groups in total. The molecule has 0 saturated carbocycles. The Labute approximate surface area is 160 Å². The quantitative estimate of drug-likeness (QED) is 0.752. The van der Waals surface area contributed by atoms with Crippen LogP contribution in [0.3, 0.4) is 0 Å². The number of piperidine rings is 1. The molecule has 0 aliphatic carbocycles. The molecule has 2 aliphatic heterocycles. The summed E-state index contributed by atoms with van der Waals surface area (Å²) in [4.78, 5) is 28.5. The molecule has 27 heavy (non-hydrogen) atoms. The number of carbonyl (C=O) groups is 2. The molecular weight excluding hydrogens is 342 g/mol. The van der Waals surface area contributed by atoms with Crippen molar-refractivity contribution < 1.29 is 9.59 Å². The van der Waals surface area contributed by atoms with Gasteiger partial charge in [0.05, 0.1) is 12.0 Å². The van der Waals surface area contributed by atoms with Crippen LogP contribution in [0.2, 0.25) is 0 Å². The summed E-state index contributed by atoms with van der Waals surface area (Å²) in [7, 11) is 1.61. The summed E-state index contributed by atoms with van der Waals surface area (Å²) in [5.74, 6) is 0.182. The van der Waals surface area contributed by atoms with Crippen molar-refractivity contribution in [3.63, 3.8) is 0 Å². The Balaban J connectivity index is 1.76. The van der Waals surface area contributed by atoms with Crippen LogP contribution in [-0.2, 0) is 4.79 Å². The zero-order valence-corrected chi connectivity index (χ0v) is 16.3. The lowest BCUT2D eigenvalue weighted by Crippen LogP contribution is -2.65. The molecule has 2 heterocycles. The van der Waals surface area contributed by atoms with Gasteiger partial charge in [0.2, 0.25) is 5.91 Å². The van der Waals surface area contributed by atoms with E-state index in [0.717, 1.165) is 18.4 Å². The van der Waals surface area contributed by atoms with Crippen LogP contribution in [0.15, 0.2) is 24.3 Å². The number of benzene rings is 1. The van der Waals surface area contributed by atoms with E-state index >= 15 is 0 Å². The van der Waals surface area contributed by atoms with Crippen molar-refractivity contribution in [3.8, 4) is 0 Å². The summed E-state index contributed by atoms with van der Waals surface area (Å²) in [6.07, 6.45) is 2.15. The number of hydrogen-bond acceptors (Lipinski definition) is 4. The molecule has 2 aliphatic rings. The molecule has 2 saturated heterocycles. The molecule has 1 aromatic carbocycles. The Morgan fingerprint density at radius 2 is 2.19 bits per heavy atom. The SMILES string of the molecule is CC(N)c1cccc(C(=O)N2CCCC([C@]3(C)CC(=O)N(C)C(=N)N3)C2)c1. The molecule has 0 radical (unpaired) electrons. The van der Waals surface area contributed by atoms with Gasteiger partial charge >= 0.3 is 0 Å². The van der Waals surface area contributed by atoms with Crippen molar-refractivity contribution in [3.05, 3.63) is 35.4 Å². The lowest BCUT2D eigenvalue weighted by Gasteiger charge is -2.47. The molecule has 0 spiro atoms. The topological polar surface area (TPSA) is 103 Å². The first-order chi connectivity index (χ1) is 12.7. The van der Waals surface area contributed by atoms with Crippen LogP contribution >= 0.6 is 0 Å². The minimum atomic E-state index is -0.507. The molecule has 7 nitrogen and oxygen atoms in total. The third-order valence-electron chi connectivity index (χ3n) is 5.90. The van der Waals surface area contributed by atoms with E-state index < -0.39 is 5.54 Å². The zero-order valence-electron chi connectivity index (χ0n) is 16.3. The number of nitrogens with zero attached hydrogens (tertiary/aromatic N) is 2. The molecular formula is C20H29N5O2. The van der Waals surface area contributed by atoms with E-state index in [1.165, 1.54) is 4.90 Å². The van der Waals surface area contributed by atoms with Gasteiger partial charge < -0.3 is 16.0 Å². The van der Waals surface area contributed by atoms with Crippen LogP contribution in [0.4, 0.5) is 0 Å². The van der Waals surface area contributed by atoms with E-state index in [-0.39, 0.29) is 29.7 Å². The number of amides is 2. The molecule has 7 heteroatoms. The van der Waals surface area contributed by atoms with Crippen LogP contribution in [0.5, 0.6) is 0 Å². The zero-order chi connectivity index (χ0) is 19.8. The van der Waals surface area contributed by atoms with E-state index in [1.807, 2.05) is 43.0 Å². The third kappa shape index (κ3) is 3.83. The first-order valence-corrected chi connectivity index (χ1v) is 9.49. The van der Waals surface area contributed by atoms with Gasteiger partial charge in [0, 0.05) is 31.7 Å². The Kier molecular flexibility index (Phi) is 5.24. The number of likely N-dealkylation sites (tertiary alicyclic amines) is 1. The van der Waals surface area contributed by atoms with E-state index in [0.29, 0.717) is 25.1 Å². The van der Waals surface area contributed by atoms with E-state index in [2.05, 4.69) is 5.32 Å². The summed E-state index contributed by atoms with van der Waals surface area (Å²) in [6.45, 7) is 5.18. The van der Waals surface area contributed by atoms with Gasteiger partial charge in [-0.2, -0.15) is 0 Å². The molecule has 0 bridgehead atoms. The monoisotopic (exact) mass is 371 g/mol. The average Bonchev–Trinajstić information content (AvgIpc) is 2.65. The highest BCUT2D eigenvalue weighted by molar-refractivity contribution is 5.99. The smallest absolute Gasteiger partial charge is 0.253 e. The maximum absolute atomic E-state index is 13.0. The molecule has 0 aromatic heterocycles. The fourth-order valence-electron chi connectivity index (χ4n) is 4.02. The van der Waals surface area contributed by atoms with Crippen LogP contribution in [0, 0.1) is 11.3 Å². The van der Waals surface area contributed by atoms with E-state index in [9.17, 15) is 9.59 Å². The Bertz CT molecular complexity index is 742. The summed E-state index contributed by atoms with van der Waals surface area (Å²) < 4.78 is 0. The van der Waals surface area contributed by atoms with E-state index in [1.54, 1.807) is 7.05 Å². The molecule has 1 aromatic rings. The fourth-order valence-corrected chi connectivity index (χ4v) is 4.02. The van der Waals surface area contributed by atoms with Crippen molar-refractivity contribution in [2.24, 2.45) is 11.7 Å². The molecule has 2 unspecified atom stereocenters. The summed E-state index contributed by atoms with van der Waals surface area (Å²) in [6, 6.07) is 7.37. The second-order valence-corrected chi connectivity index (χ2v) is 8.03. The third-order valence-corrected chi connectivity index (χ3v) is 5.90. The number of rotatable bonds is 3. The van der Waals surface area contributed by atoms with Crippen molar-refractivity contribution in [1.29, 1.82) is 5.41 Å². The second kappa shape index (κ2) is 7.31. The first kappa shape index (κ1) is 19.4. The van der Waals surface area contributed by atoms with Crippen molar-refractivity contribution >= 4 is 17.8 Å². The number of carbonyl (C=O) groups excluding carboxylic acids is 2. The largest absolute Gasteiger partial charge is 0.350 e. The van der Waals surface area contributed by atoms with Gasteiger partial charge in [-0.3, -0.25) is 19.9 Å². The number of guanidine groups is 1. The van der Waals surface area contributed by atoms with Crippen LogP contribution in [-0.4, -0.2) is 53.2 Å². The number of hydrogen-bond donors (Lipinski definition) is 3. The van der Waals surface area contributed by atoms with Crippen LogP contribution in [0.25, 0.3) is 0 Å². The number of nitrogens with one attached hydrogen (secondary N) is 2. The van der Waals surface area contributed by atoms with Crippen molar-refractivity contribution in [2.45, 2.75) is 44.7 Å². The Hall–Kier alpha value is -2.41. The van der Waals surface area contributed by atoms with E-state index in [4.69, 9.17) is 11.1 Å². The molecule has 3 atom stereocenters. The lowest BCUT2D eigenvalue weighted by molar-refractivity contribution is -0.130. The van der Waals surface area contributed by atoms with Crippen LogP contribution < -0.4 is 11.1 Å². The second-order valence-electron chi connectivity index (χ2n) is 8.03. The minimum absolute atomic E-state index is 0.000121. The van der Waals surface area contributed by atoms with Gasteiger partial charge in [-0.15, -0.1) is 0 Å². The summed E-state index contributed by atoms with van der Waals surface area (Å²) in [5, 5.41) is 11.2. The van der Waals surface area contributed by atoms with Gasteiger partial charge in [-0.1, -0.05) is 12.1 Å². The maximum atomic E-state index is 13.0. The highest BCUT2D eigenvalue weighted by Gasteiger charge is 2.44. The van der Waals surface area contributed by atoms with Crippen molar-refractivity contribution in [2.75, 3.05) is 20.1 Å². The normalized spacial score (nSPS) is 27.3. The van der Waals surface area contributed by atoms with Crippen LogP contribution in [0.1, 0.15) is 55.1 Å². The highest BCUT2D eigenvalue weighted by Crippen LogP contribution is 2.33. The summed E-state index contributed by atoms with van der Waals surface area (Å²) in [5.41, 5.74) is 7.03. The molecule has 2 fully saturated rings. The summed E-state index contributed by atoms with van der Waals surface area (Å²) >= 11 is 0. The lowest BCUT2D eigenvalue weighted by atomic mass is 9.76. The highest BCUT2D eigenvalue weighted by atomic mass is 16.2. The molecule has 146 valence electrons. The van der Waals surface area contributed by atoms with Gasteiger partial charge in [-0.05, 0) is 50.3 Å². The first-order valence-electron chi connectivity index (χ1n) is 9.49. The Morgan fingerprint density at radius 1 is 1.44 bits per heavy atom. The predicted octanol–water partition coefficient (Wildman–Crippen LogP) is 1.70. The fraction of sp³-hybridized carbons (Fsp3) is 0.550. The minimum Gasteiger partial charge on any atom is -0.350 e. The molecule has 2 amide bonds. The maximum Gasteiger partial charge on any atom is 0.253 e. The van der Waals surface area contributed by atoms with Gasteiger partial charge in [0.25, 0.3) is 5.91 Å². The average molecular weight is 371 g/mol. The van der Waals surface area contributed by atoms with Gasteiger partial charge in [0.1, 0.15) is 0 Å². The predicted molar refractivity (Wildman–Crippen MR) is 104 cm³/mol. The standard InChI is InChI=1S/C20H29N5O2/c1-13(21)14-6-4-7-15(10-14)18(27)25-9-5-8-16(12-25)20(2)11-17(26)24(3)19(22)23-20/h4,6-7,10,13,16H,5,8-9,11-12,21H2,1-3H3,(H2,22,23)/t13?,16?,20-/m0/s1. The van der Waals surface area contributed by atoms with Gasteiger partial charge in [0.15, 0.2) is 5.96 Å². The van der Waals surface area contributed by atoms with Crippen molar-refractivity contribution in [1.82, 2.24) is 15.1 Å². The van der Waals surface area contributed by atoms with Gasteiger partial charge in [-0.25, -0.2) is 0 Å². The number of nitrogens with two attached hydrogens (primary N) is 1. The Morgan fingerprint density at radius 3 is 2.85 bits per heavy atom.